The number of fused-ring (bicyclic) bond motifs is 3. The van der Waals surface area contributed by atoms with Gasteiger partial charge in [-0.1, -0.05) is 24.3 Å². The highest BCUT2D eigenvalue weighted by atomic mass is 16.5. The minimum absolute atomic E-state index is 0.200. The zero-order valence-corrected chi connectivity index (χ0v) is 23.5. The van der Waals surface area contributed by atoms with Gasteiger partial charge in [0.15, 0.2) is 11.5 Å². The first kappa shape index (κ1) is 26.6. The number of anilines is 1. The highest BCUT2D eigenvalue weighted by Gasteiger charge is 2.40. The summed E-state index contributed by atoms with van der Waals surface area (Å²) in [5.74, 6) is 1.31. The molecular weight excluding hydrogens is 492 g/mol. The Labute approximate surface area is 229 Å². The van der Waals surface area contributed by atoms with E-state index < -0.39 is 5.97 Å². The zero-order valence-electron chi connectivity index (χ0n) is 23.5. The third kappa shape index (κ3) is 5.18. The summed E-state index contributed by atoms with van der Waals surface area (Å²) < 4.78 is 17.9. The summed E-state index contributed by atoms with van der Waals surface area (Å²) >= 11 is 0. The first-order chi connectivity index (χ1) is 18.5. The van der Waals surface area contributed by atoms with Gasteiger partial charge in [0.2, 0.25) is 0 Å². The molecule has 2 aliphatic heterocycles. The van der Waals surface area contributed by atoms with E-state index in [1.165, 1.54) is 5.56 Å². The number of carbonyl (C=O) groups is 1. The van der Waals surface area contributed by atoms with Crippen molar-refractivity contribution in [1.82, 2.24) is 0 Å². The van der Waals surface area contributed by atoms with Crippen LogP contribution in [0.15, 0.2) is 53.5 Å². The maximum Gasteiger partial charge on any atom is 0.337 e. The maximum atomic E-state index is 12.1. The molecule has 0 radical (unpaired) electrons. The Morgan fingerprint density at radius 1 is 1.08 bits per heavy atom. The predicted molar refractivity (Wildman–Crippen MR) is 153 cm³/mol. The average molecular weight is 529 g/mol. The lowest BCUT2D eigenvalue weighted by Gasteiger charge is -2.31. The van der Waals surface area contributed by atoms with E-state index in [1.54, 1.807) is 13.2 Å². The van der Waals surface area contributed by atoms with Crippen molar-refractivity contribution >= 4 is 17.4 Å². The summed E-state index contributed by atoms with van der Waals surface area (Å²) in [5.41, 5.74) is 5.98. The number of nitrogens with zero attached hydrogens (tertiary/aromatic N) is 1. The lowest BCUT2D eigenvalue weighted by atomic mass is 9.80. The second-order valence-corrected chi connectivity index (χ2v) is 11.4. The predicted octanol–water partition coefficient (Wildman–Crippen LogP) is 6.29. The number of benzene rings is 3. The van der Waals surface area contributed by atoms with E-state index >= 15 is 0 Å². The molecule has 204 valence electrons. The fourth-order valence-electron chi connectivity index (χ4n) is 5.60. The van der Waals surface area contributed by atoms with Crippen LogP contribution in [-0.2, 0) is 19.4 Å². The molecule has 7 heteroatoms. The molecule has 0 spiro atoms. The molecule has 0 unspecified atom stereocenters. The monoisotopic (exact) mass is 528 g/mol. The summed E-state index contributed by atoms with van der Waals surface area (Å²) in [6.07, 6.45) is 1.50. The van der Waals surface area contributed by atoms with Crippen LogP contribution in [0.3, 0.4) is 0 Å². The molecule has 3 aromatic carbocycles. The van der Waals surface area contributed by atoms with Crippen LogP contribution in [0.1, 0.15) is 72.8 Å². The van der Waals surface area contributed by atoms with Gasteiger partial charge < -0.3 is 24.6 Å². The highest BCUT2D eigenvalue weighted by molar-refractivity contribution is 6.17. The third-order valence-electron chi connectivity index (χ3n) is 7.17. The number of aliphatic imine (C=N–C) groups is 1. The molecule has 3 aromatic rings. The maximum absolute atomic E-state index is 12.1. The van der Waals surface area contributed by atoms with Crippen LogP contribution in [0, 0.1) is 0 Å². The van der Waals surface area contributed by atoms with Crippen molar-refractivity contribution in [2.75, 3.05) is 19.0 Å². The van der Waals surface area contributed by atoms with Gasteiger partial charge in [-0.15, -0.1) is 0 Å². The summed E-state index contributed by atoms with van der Waals surface area (Å²) in [4.78, 5) is 17.4. The molecule has 2 heterocycles. The minimum atomic E-state index is -0.993. The van der Waals surface area contributed by atoms with Crippen LogP contribution >= 0.6 is 0 Å². The number of rotatable bonds is 8. The standard InChI is InChI=1S/C32H36N2O5/c1-7-38-26-15-21-16-31(2,3)34-28(27(21)23-17-32(4,5)39-29(23)26)19-12-13-22(30(35)36)24(14-19)33-18-20-10-8-9-11-25(20)37-6/h8-15,33H,7,16-18H2,1-6H3,(H,35,36). The zero-order chi connectivity index (χ0) is 27.9. The lowest BCUT2D eigenvalue weighted by molar-refractivity contribution is 0.0698. The molecule has 0 saturated carbocycles. The molecule has 0 amide bonds. The lowest BCUT2D eigenvalue weighted by Crippen LogP contribution is -2.30. The average Bonchev–Trinajstić information content (AvgIpc) is 3.21. The molecule has 0 fully saturated rings. The molecule has 0 bridgehead atoms. The van der Waals surface area contributed by atoms with Gasteiger partial charge in [-0.25, -0.2) is 4.79 Å². The van der Waals surface area contributed by atoms with E-state index in [9.17, 15) is 9.90 Å². The Kier molecular flexibility index (Phi) is 6.79. The van der Waals surface area contributed by atoms with Crippen molar-refractivity contribution in [2.24, 2.45) is 4.99 Å². The van der Waals surface area contributed by atoms with Gasteiger partial charge in [0, 0.05) is 40.9 Å². The Morgan fingerprint density at radius 2 is 1.85 bits per heavy atom. The first-order valence-corrected chi connectivity index (χ1v) is 13.4. The Bertz CT molecular complexity index is 1470. The minimum Gasteiger partial charge on any atom is -0.496 e. The number of carboxylic acids is 1. The molecule has 7 nitrogen and oxygen atoms in total. The second kappa shape index (κ2) is 9.95. The van der Waals surface area contributed by atoms with Gasteiger partial charge in [0.25, 0.3) is 0 Å². The number of hydrogen-bond acceptors (Lipinski definition) is 6. The number of ether oxygens (including phenoxy) is 3. The number of hydrogen-bond donors (Lipinski definition) is 2. The van der Waals surface area contributed by atoms with Crippen LogP contribution < -0.4 is 19.5 Å². The number of aromatic carboxylic acids is 1. The van der Waals surface area contributed by atoms with E-state index in [2.05, 4.69) is 39.1 Å². The van der Waals surface area contributed by atoms with Crippen LogP contribution in [0.2, 0.25) is 0 Å². The van der Waals surface area contributed by atoms with Crippen LogP contribution in [0.4, 0.5) is 5.69 Å². The largest absolute Gasteiger partial charge is 0.496 e. The molecule has 5 rings (SSSR count). The van der Waals surface area contributed by atoms with Crippen LogP contribution in [0.5, 0.6) is 17.2 Å². The molecule has 2 aliphatic rings. The molecule has 0 aromatic heterocycles. The van der Waals surface area contributed by atoms with Gasteiger partial charge in [-0.3, -0.25) is 4.99 Å². The van der Waals surface area contributed by atoms with Gasteiger partial charge in [-0.05, 0) is 70.9 Å². The number of para-hydroxylation sites is 1. The van der Waals surface area contributed by atoms with E-state index in [0.717, 1.165) is 58.1 Å². The number of carboxylic acid groups (broad SMARTS) is 1. The first-order valence-electron chi connectivity index (χ1n) is 13.4. The molecule has 39 heavy (non-hydrogen) atoms. The highest BCUT2D eigenvalue weighted by Crippen LogP contribution is 2.48. The Hall–Kier alpha value is -4.00. The van der Waals surface area contributed by atoms with Crippen molar-refractivity contribution in [3.05, 3.63) is 81.9 Å². The fraction of sp³-hybridized carbons (Fsp3) is 0.375. The SMILES string of the molecule is CCOc1cc2c(c3c1OC(C)(C)C3)C(c1ccc(C(=O)O)c(NCc3ccccc3OC)c1)=NC(C)(C)C2. The summed E-state index contributed by atoms with van der Waals surface area (Å²) in [6, 6.07) is 15.2. The van der Waals surface area contributed by atoms with Crippen molar-refractivity contribution < 1.29 is 24.1 Å². The number of nitrogens with one attached hydrogen (secondary N) is 1. The topological polar surface area (TPSA) is 89.4 Å². The molecule has 2 N–H and O–H groups in total. The van der Waals surface area contributed by atoms with Gasteiger partial charge >= 0.3 is 5.97 Å². The fourth-order valence-corrected chi connectivity index (χ4v) is 5.60. The third-order valence-corrected chi connectivity index (χ3v) is 7.17. The smallest absolute Gasteiger partial charge is 0.337 e. The second-order valence-electron chi connectivity index (χ2n) is 11.4. The summed E-state index contributed by atoms with van der Waals surface area (Å²) in [6.45, 7) is 11.4. The van der Waals surface area contributed by atoms with Crippen LogP contribution in [0.25, 0.3) is 0 Å². The van der Waals surface area contributed by atoms with E-state index in [1.807, 2.05) is 43.3 Å². The Morgan fingerprint density at radius 3 is 2.56 bits per heavy atom. The molecule has 0 saturated heterocycles. The summed E-state index contributed by atoms with van der Waals surface area (Å²) in [7, 11) is 1.63. The molecule has 0 aliphatic carbocycles. The number of methoxy groups -OCH3 is 1. The van der Waals surface area contributed by atoms with E-state index in [4.69, 9.17) is 19.2 Å². The van der Waals surface area contributed by atoms with Gasteiger partial charge in [0.05, 0.1) is 30.5 Å². The van der Waals surface area contributed by atoms with Gasteiger partial charge in [-0.2, -0.15) is 0 Å². The van der Waals surface area contributed by atoms with E-state index in [-0.39, 0.29) is 16.7 Å². The van der Waals surface area contributed by atoms with Crippen molar-refractivity contribution in [3.8, 4) is 17.2 Å². The van der Waals surface area contributed by atoms with Crippen molar-refractivity contribution in [3.63, 3.8) is 0 Å². The Balaban J connectivity index is 1.62. The molecular formula is C32H36N2O5. The molecule has 0 atom stereocenters. The summed E-state index contributed by atoms with van der Waals surface area (Å²) in [5, 5.41) is 13.3. The quantitative estimate of drug-likeness (QED) is 0.357. The van der Waals surface area contributed by atoms with Gasteiger partial charge in [0.1, 0.15) is 11.4 Å². The van der Waals surface area contributed by atoms with Crippen molar-refractivity contribution in [1.29, 1.82) is 0 Å². The normalized spacial score (nSPS) is 16.4. The van der Waals surface area contributed by atoms with E-state index in [0.29, 0.717) is 18.8 Å². The van der Waals surface area contributed by atoms with Crippen molar-refractivity contribution in [2.45, 2.75) is 65.1 Å². The van der Waals surface area contributed by atoms with Crippen LogP contribution in [-0.4, -0.2) is 41.6 Å².